The Hall–Kier alpha value is -2.49. The zero-order chi connectivity index (χ0) is 16.1. The molecule has 0 aromatic heterocycles. The lowest BCUT2D eigenvalue weighted by Gasteiger charge is -2.15. The van der Waals surface area contributed by atoms with Crippen molar-refractivity contribution in [2.24, 2.45) is 0 Å². The van der Waals surface area contributed by atoms with Gasteiger partial charge >= 0.3 is 5.97 Å². The zero-order valence-electron chi connectivity index (χ0n) is 13.1. The van der Waals surface area contributed by atoms with Crippen molar-refractivity contribution in [3.05, 3.63) is 47.5 Å². The second-order valence-electron chi connectivity index (χ2n) is 4.98. The van der Waals surface area contributed by atoms with Crippen LogP contribution in [-0.2, 0) is 11.2 Å². The van der Waals surface area contributed by atoms with Gasteiger partial charge in [-0.1, -0.05) is 31.5 Å². The molecule has 4 nitrogen and oxygen atoms in total. The molecule has 2 aromatic carbocycles. The monoisotopic (exact) mass is 300 g/mol. The average Bonchev–Trinajstić information content (AvgIpc) is 2.54. The summed E-state index contributed by atoms with van der Waals surface area (Å²) in [6.45, 7) is 2.06. The van der Waals surface area contributed by atoms with Crippen LogP contribution in [0.25, 0.3) is 11.1 Å². The Morgan fingerprint density at radius 3 is 2.50 bits per heavy atom. The minimum Gasteiger partial charge on any atom is -0.507 e. The van der Waals surface area contributed by atoms with Gasteiger partial charge in [0.2, 0.25) is 0 Å². The highest BCUT2D eigenvalue weighted by molar-refractivity contribution is 6.01. The highest BCUT2D eigenvalue weighted by atomic mass is 16.5. The van der Waals surface area contributed by atoms with E-state index in [0.717, 1.165) is 24.0 Å². The summed E-state index contributed by atoms with van der Waals surface area (Å²) in [6.07, 6.45) is 1.76. The van der Waals surface area contributed by atoms with Crippen LogP contribution in [0.5, 0.6) is 11.5 Å². The number of benzene rings is 2. The third kappa shape index (κ3) is 3.06. The van der Waals surface area contributed by atoms with E-state index in [-0.39, 0.29) is 11.3 Å². The molecule has 0 aliphatic carbocycles. The molecule has 0 heterocycles. The van der Waals surface area contributed by atoms with Crippen molar-refractivity contribution in [3.8, 4) is 22.6 Å². The molecule has 116 valence electrons. The van der Waals surface area contributed by atoms with Crippen LogP contribution in [0.1, 0.15) is 29.3 Å². The van der Waals surface area contributed by atoms with Crippen molar-refractivity contribution in [1.29, 1.82) is 0 Å². The van der Waals surface area contributed by atoms with Crippen molar-refractivity contribution in [3.63, 3.8) is 0 Å². The van der Waals surface area contributed by atoms with Crippen LogP contribution in [0.15, 0.2) is 36.4 Å². The molecule has 0 saturated heterocycles. The summed E-state index contributed by atoms with van der Waals surface area (Å²) in [5.41, 5.74) is 2.49. The maximum absolute atomic E-state index is 12.1. The SMILES string of the molecule is CCCc1cc(O)c(C(=O)OC)c(-c2ccccc2OC)c1. The summed E-state index contributed by atoms with van der Waals surface area (Å²) in [7, 11) is 2.88. The summed E-state index contributed by atoms with van der Waals surface area (Å²) in [5.74, 6) is 0.000798. The molecule has 0 aliphatic rings. The van der Waals surface area contributed by atoms with E-state index in [9.17, 15) is 9.90 Å². The fourth-order valence-electron chi connectivity index (χ4n) is 2.51. The van der Waals surface area contributed by atoms with Gasteiger partial charge in [-0.05, 0) is 30.2 Å². The molecular weight excluding hydrogens is 280 g/mol. The van der Waals surface area contributed by atoms with Gasteiger partial charge in [-0.3, -0.25) is 0 Å². The summed E-state index contributed by atoms with van der Waals surface area (Å²) in [4.78, 5) is 12.1. The van der Waals surface area contributed by atoms with Crippen LogP contribution in [0.3, 0.4) is 0 Å². The number of esters is 1. The standard InChI is InChI=1S/C18H20O4/c1-4-7-12-10-14(13-8-5-6-9-16(13)21-2)17(15(19)11-12)18(20)22-3/h5-6,8-11,19H,4,7H2,1-3H3. The third-order valence-corrected chi connectivity index (χ3v) is 3.50. The van der Waals surface area contributed by atoms with Gasteiger partial charge in [-0.15, -0.1) is 0 Å². The Balaban J connectivity index is 2.72. The van der Waals surface area contributed by atoms with E-state index in [1.54, 1.807) is 13.2 Å². The Bertz CT molecular complexity index is 677. The summed E-state index contributed by atoms with van der Waals surface area (Å²) in [6, 6.07) is 10.9. The summed E-state index contributed by atoms with van der Waals surface area (Å²) in [5, 5.41) is 10.3. The van der Waals surface area contributed by atoms with Crippen LogP contribution >= 0.6 is 0 Å². The topological polar surface area (TPSA) is 55.8 Å². The number of aryl methyl sites for hydroxylation is 1. The van der Waals surface area contributed by atoms with Crippen molar-refractivity contribution in [2.45, 2.75) is 19.8 Å². The van der Waals surface area contributed by atoms with Gasteiger partial charge < -0.3 is 14.6 Å². The first-order valence-electron chi connectivity index (χ1n) is 7.20. The quantitative estimate of drug-likeness (QED) is 0.853. The number of methoxy groups -OCH3 is 2. The summed E-state index contributed by atoms with van der Waals surface area (Å²) < 4.78 is 10.2. The van der Waals surface area contributed by atoms with E-state index in [4.69, 9.17) is 9.47 Å². The molecule has 2 rings (SSSR count). The Morgan fingerprint density at radius 2 is 1.86 bits per heavy atom. The Labute approximate surface area is 130 Å². The fraction of sp³-hybridized carbons (Fsp3) is 0.278. The van der Waals surface area contributed by atoms with Crippen molar-refractivity contribution in [2.75, 3.05) is 14.2 Å². The van der Waals surface area contributed by atoms with Crippen LogP contribution in [-0.4, -0.2) is 25.3 Å². The first-order valence-corrected chi connectivity index (χ1v) is 7.20. The van der Waals surface area contributed by atoms with Gasteiger partial charge in [0.05, 0.1) is 14.2 Å². The first-order chi connectivity index (χ1) is 10.6. The molecule has 0 unspecified atom stereocenters. The Kier molecular flexibility index (Phi) is 5.04. The minimum absolute atomic E-state index is 0.0706. The van der Waals surface area contributed by atoms with E-state index in [0.29, 0.717) is 11.3 Å². The minimum atomic E-state index is -0.568. The third-order valence-electron chi connectivity index (χ3n) is 3.50. The lowest BCUT2D eigenvalue weighted by molar-refractivity contribution is 0.0598. The van der Waals surface area contributed by atoms with E-state index < -0.39 is 5.97 Å². The number of hydrogen-bond acceptors (Lipinski definition) is 4. The highest BCUT2D eigenvalue weighted by Crippen LogP contribution is 2.37. The number of aromatic hydroxyl groups is 1. The van der Waals surface area contributed by atoms with Crippen LogP contribution < -0.4 is 4.74 Å². The smallest absolute Gasteiger partial charge is 0.342 e. The van der Waals surface area contributed by atoms with Crippen molar-refractivity contribution < 1.29 is 19.4 Å². The molecule has 0 bridgehead atoms. The maximum Gasteiger partial charge on any atom is 0.342 e. The molecule has 0 atom stereocenters. The average molecular weight is 300 g/mol. The molecule has 0 amide bonds. The molecular formula is C18H20O4. The second kappa shape index (κ2) is 6.98. The zero-order valence-corrected chi connectivity index (χ0v) is 13.1. The maximum atomic E-state index is 12.1. The number of ether oxygens (including phenoxy) is 2. The lowest BCUT2D eigenvalue weighted by atomic mass is 9.94. The first kappa shape index (κ1) is 15.9. The van der Waals surface area contributed by atoms with Gasteiger partial charge in [0.25, 0.3) is 0 Å². The molecule has 0 saturated carbocycles. The molecule has 22 heavy (non-hydrogen) atoms. The Morgan fingerprint density at radius 1 is 1.14 bits per heavy atom. The van der Waals surface area contributed by atoms with Crippen molar-refractivity contribution in [1.82, 2.24) is 0 Å². The second-order valence-corrected chi connectivity index (χ2v) is 4.98. The molecule has 4 heteroatoms. The van der Waals surface area contributed by atoms with Gasteiger partial charge in [-0.25, -0.2) is 4.79 Å². The molecule has 0 spiro atoms. The molecule has 1 N–H and O–H groups in total. The van der Waals surface area contributed by atoms with Crippen LogP contribution in [0.2, 0.25) is 0 Å². The normalized spacial score (nSPS) is 10.3. The van der Waals surface area contributed by atoms with E-state index >= 15 is 0 Å². The fourth-order valence-corrected chi connectivity index (χ4v) is 2.51. The van der Waals surface area contributed by atoms with Gasteiger partial charge in [0.1, 0.15) is 17.1 Å². The number of rotatable bonds is 5. The number of phenols is 1. The molecule has 2 aromatic rings. The number of carbonyl (C=O) groups excluding carboxylic acids is 1. The highest BCUT2D eigenvalue weighted by Gasteiger charge is 2.21. The van der Waals surface area contributed by atoms with Crippen LogP contribution in [0, 0.1) is 0 Å². The van der Waals surface area contributed by atoms with Crippen molar-refractivity contribution >= 4 is 5.97 Å². The predicted octanol–water partition coefficient (Wildman–Crippen LogP) is 3.81. The van der Waals surface area contributed by atoms with E-state index in [1.165, 1.54) is 7.11 Å². The molecule has 0 radical (unpaired) electrons. The van der Waals surface area contributed by atoms with Crippen LogP contribution in [0.4, 0.5) is 0 Å². The van der Waals surface area contributed by atoms with Gasteiger partial charge in [0.15, 0.2) is 0 Å². The summed E-state index contributed by atoms with van der Waals surface area (Å²) >= 11 is 0. The van der Waals surface area contributed by atoms with E-state index in [1.807, 2.05) is 30.3 Å². The van der Waals surface area contributed by atoms with Gasteiger partial charge in [0, 0.05) is 11.1 Å². The molecule has 0 aliphatic heterocycles. The largest absolute Gasteiger partial charge is 0.507 e. The van der Waals surface area contributed by atoms with Gasteiger partial charge in [-0.2, -0.15) is 0 Å². The number of phenolic OH excluding ortho intramolecular Hbond substituents is 1. The van der Waals surface area contributed by atoms with E-state index in [2.05, 4.69) is 6.92 Å². The lowest BCUT2D eigenvalue weighted by Crippen LogP contribution is -2.05. The number of hydrogen-bond donors (Lipinski definition) is 1. The number of para-hydroxylation sites is 1. The molecule has 0 fully saturated rings. The number of carbonyl (C=O) groups is 1. The predicted molar refractivity (Wildman–Crippen MR) is 85.4 cm³/mol.